The lowest BCUT2D eigenvalue weighted by Crippen LogP contribution is -2.07. The molecule has 0 aliphatic rings. The van der Waals surface area contributed by atoms with Gasteiger partial charge in [0, 0.05) is 6.20 Å². The zero-order chi connectivity index (χ0) is 15.5. The first-order valence-electron chi connectivity index (χ1n) is 5.62. The number of ether oxygens (including phenoxy) is 1. The van der Waals surface area contributed by atoms with Gasteiger partial charge in [0.2, 0.25) is 0 Å². The Morgan fingerprint density at radius 1 is 1.43 bits per heavy atom. The third-order valence-corrected chi connectivity index (χ3v) is 2.98. The highest BCUT2D eigenvalue weighted by atomic mass is 32.2. The molecule has 0 aliphatic carbocycles. The van der Waals surface area contributed by atoms with Crippen LogP contribution in [-0.2, 0) is 10.9 Å². The van der Waals surface area contributed by atoms with Crippen molar-refractivity contribution in [2.45, 2.75) is 23.3 Å². The first kappa shape index (κ1) is 15.3. The Kier molecular flexibility index (Phi) is 4.46. The minimum Gasteiger partial charge on any atom is -0.459 e. The minimum absolute atomic E-state index is 0.113. The van der Waals surface area contributed by atoms with Crippen LogP contribution in [0.5, 0.6) is 0 Å². The molecule has 2 aromatic heterocycles. The third-order valence-electron chi connectivity index (χ3n) is 2.12. The maximum Gasteiger partial charge on any atom is 0.419 e. The fourth-order valence-electron chi connectivity index (χ4n) is 1.30. The summed E-state index contributed by atoms with van der Waals surface area (Å²) in [5, 5.41) is 6.30. The highest BCUT2D eigenvalue weighted by Crippen LogP contribution is 2.37. The maximum absolute atomic E-state index is 12.8. The molecule has 2 rings (SSSR count). The number of halogens is 3. The van der Waals surface area contributed by atoms with Crippen LogP contribution in [0.2, 0.25) is 0 Å². The van der Waals surface area contributed by atoms with Crippen molar-refractivity contribution in [3.8, 4) is 0 Å². The van der Waals surface area contributed by atoms with Crippen molar-refractivity contribution in [3.63, 3.8) is 0 Å². The van der Waals surface area contributed by atoms with Crippen LogP contribution < -0.4 is 0 Å². The summed E-state index contributed by atoms with van der Waals surface area (Å²) in [4.78, 5) is 14.9. The van der Waals surface area contributed by atoms with E-state index in [2.05, 4.69) is 19.9 Å². The van der Waals surface area contributed by atoms with Crippen LogP contribution in [-0.4, -0.2) is 27.8 Å². The Hall–Kier alpha value is -2.10. The summed E-state index contributed by atoms with van der Waals surface area (Å²) in [6.45, 7) is 1.70. The number of carbonyl (C=O) groups is 1. The average molecular weight is 319 g/mol. The molecule has 112 valence electrons. The van der Waals surface area contributed by atoms with Crippen molar-refractivity contribution in [1.82, 2.24) is 15.2 Å². The third kappa shape index (κ3) is 3.72. The van der Waals surface area contributed by atoms with Gasteiger partial charge in [0.15, 0.2) is 0 Å². The van der Waals surface area contributed by atoms with Gasteiger partial charge in [-0.3, -0.25) is 0 Å². The van der Waals surface area contributed by atoms with Crippen molar-refractivity contribution in [2.24, 2.45) is 0 Å². The highest BCUT2D eigenvalue weighted by Gasteiger charge is 2.34. The van der Waals surface area contributed by atoms with E-state index < -0.39 is 23.6 Å². The van der Waals surface area contributed by atoms with E-state index in [-0.39, 0.29) is 16.9 Å². The van der Waals surface area contributed by atoms with Crippen LogP contribution in [0.3, 0.4) is 0 Å². The fraction of sp³-hybridized carbons (Fsp3) is 0.273. The van der Waals surface area contributed by atoms with Crippen LogP contribution >= 0.6 is 11.8 Å². The molecule has 0 amide bonds. The number of nitrogens with zero attached hydrogens (tertiary/aromatic N) is 3. The van der Waals surface area contributed by atoms with E-state index in [4.69, 9.17) is 4.42 Å². The van der Waals surface area contributed by atoms with Gasteiger partial charge in [-0.15, -0.1) is 5.10 Å². The van der Waals surface area contributed by atoms with Gasteiger partial charge in [0.1, 0.15) is 5.03 Å². The lowest BCUT2D eigenvalue weighted by molar-refractivity contribution is -0.140. The molecule has 0 saturated carbocycles. The van der Waals surface area contributed by atoms with Gasteiger partial charge in [0.05, 0.1) is 12.2 Å². The largest absolute Gasteiger partial charge is 0.459 e. The van der Waals surface area contributed by atoms with Gasteiger partial charge in [-0.1, -0.05) is 5.10 Å². The smallest absolute Gasteiger partial charge is 0.419 e. The monoisotopic (exact) mass is 319 g/mol. The van der Waals surface area contributed by atoms with E-state index in [9.17, 15) is 18.0 Å². The molecule has 0 spiro atoms. The van der Waals surface area contributed by atoms with Gasteiger partial charge in [-0.05, 0) is 30.8 Å². The molecule has 0 atom stereocenters. The number of carbonyl (C=O) groups excluding carboxylic acids is 1. The van der Waals surface area contributed by atoms with Crippen LogP contribution in [0.4, 0.5) is 13.2 Å². The number of esters is 1. The molecular weight excluding hydrogens is 311 g/mol. The van der Waals surface area contributed by atoms with Crippen LogP contribution in [0.25, 0.3) is 0 Å². The average Bonchev–Trinajstić information content (AvgIpc) is 2.87. The summed E-state index contributed by atoms with van der Waals surface area (Å²) in [6.07, 6.45) is -3.35. The summed E-state index contributed by atoms with van der Waals surface area (Å²) in [7, 11) is 0. The van der Waals surface area contributed by atoms with E-state index in [1.807, 2.05) is 0 Å². The quantitative estimate of drug-likeness (QED) is 0.802. The fourth-order valence-corrected chi connectivity index (χ4v) is 2.07. The SMILES string of the molecule is CCOC(=O)c1nnc(Sc2ncccc2C(F)(F)F)o1. The number of rotatable bonds is 4. The number of hydrogen-bond acceptors (Lipinski definition) is 7. The molecule has 0 saturated heterocycles. The molecule has 21 heavy (non-hydrogen) atoms. The van der Waals surface area contributed by atoms with Crippen molar-refractivity contribution in [1.29, 1.82) is 0 Å². The summed E-state index contributed by atoms with van der Waals surface area (Å²) >= 11 is 0.518. The van der Waals surface area contributed by atoms with Crippen molar-refractivity contribution in [3.05, 3.63) is 29.8 Å². The van der Waals surface area contributed by atoms with E-state index in [1.165, 1.54) is 12.3 Å². The van der Waals surface area contributed by atoms with Gasteiger partial charge < -0.3 is 9.15 Å². The van der Waals surface area contributed by atoms with E-state index in [0.29, 0.717) is 11.8 Å². The molecule has 0 aliphatic heterocycles. The number of hydrogen-bond donors (Lipinski definition) is 0. The van der Waals surface area contributed by atoms with Crippen LogP contribution in [0, 0.1) is 0 Å². The predicted molar refractivity (Wildman–Crippen MR) is 63.6 cm³/mol. The van der Waals surface area contributed by atoms with Crippen LogP contribution in [0.15, 0.2) is 33.0 Å². The zero-order valence-corrected chi connectivity index (χ0v) is 11.4. The number of pyridine rings is 1. The molecule has 0 bridgehead atoms. The zero-order valence-electron chi connectivity index (χ0n) is 10.5. The number of alkyl halides is 3. The second kappa shape index (κ2) is 6.12. The molecule has 0 radical (unpaired) electrons. The summed E-state index contributed by atoms with van der Waals surface area (Å²) in [5.41, 5.74) is -0.925. The van der Waals surface area contributed by atoms with Gasteiger partial charge >= 0.3 is 18.0 Å². The molecule has 0 fully saturated rings. The Morgan fingerprint density at radius 3 is 2.86 bits per heavy atom. The molecule has 2 aromatic rings. The molecule has 10 heteroatoms. The molecule has 0 aromatic carbocycles. The van der Waals surface area contributed by atoms with Crippen molar-refractivity contribution >= 4 is 17.7 Å². The Labute approximate surface area is 120 Å². The summed E-state index contributed by atoms with van der Waals surface area (Å²) in [6, 6.07) is 2.06. The number of aromatic nitrogens is 3. The van der Waals surface area contributed by atoms with Gasteiger partial charge in [-0.25, -0.2) is 9.78 Å². The van der Waals surface area contributed by atoms with E-state index >= 15 is 0 Å². The van der Waals surface area contributed by atoms with E-state index in [0.717, 1.165) is 6.07 Å². The molecule has 2 heterocycles. The lowest BCUT2D eigenvalue weighted by atomic mass is 10.3. The molecular formula is C11H8F3N3O3S. The Bertz CT molecular complexity index is 645. The predicted octanol–water partition coefficient (Wildman–Crippen LogP) is 2.81. The van der Waals surface area contributed by atoms with Crippen molar-refractivity contribution in [2.75, 3.05) is 6.61 Å². The first-order chi connectivity index (χ1) is 9.91. The second-order valence-corrected chi connectivity index (χ2v) is 4.49. The highest BCUT2D eigenvalue weighted by molar-refractivity contribution is 7.99. The second-order valence-electron chi connectivity index (χ2n) is 3.55. The van der Waals surface area contributed by atoms with Gasteiger partial charge in [0.25, 0.3) is 5.22 Å². The molecule has 0 unspecified atom stereocenters. The normalized spacial score (nSPS) is 11.4. The topological polar surface area (TPSA) is 78.1 Å². The standard InChI is InChI=1S/C11H8F3N3O3S/c1-2-19-9(18)7-16-17-10(20-7)21-8-6(11(12,13)14)4-3-5-15-8/h3-5H,2H2,1H3. The van der Waals surface area contributed by atoms with Gasteiger partial charge in [-0.2, -0.15) is 13.2 Å². The maximum atomic E-state index is 12.8. The molecule has 0 N–H and O–H groups in total. The Balaban J connectivity index is 2.22. The lowest BCUT2D eigenvalue weighted by Gasteiger charge is -2.09. The first-order valence-corrected chi connectivity index (χ1v) is 6.44. The minimum atomic E-state index is -4.55. The van der Waals surface area contributed by atoms with Crippen molar-refractivity contribution < 1.29 is 27.1 Å². The summed E-state index contributed by atoms with van der Waals surface area (Å²) < 4.78 is 47.9. The van der Waals surface area contributed by atoms with E-state index in [1.54, 1.807) is 6.92 Å². The summed E-state index contributed by atoms with van der Waals surface area (Å²) in [5.74, 6) is -1.27. The van der Waals surface area contributed by atoms with Crippen LogP contribution in [0.1, 0.15) is 23.2 Å². The Morgan fingerprint density at radius 2 is 2.19 bits per heavy atom. The molecule has 6 nitrogen and oxygen atoms in total.